The fraction of sp³-hybridized carbons (Fsp3) is 0.714. The third-order valence-corrected chi connectivity index (χ3v) is 8.07. The summed E-state index contributed by atoms with van der Waals surface area (Å²) in [7, 11) is -3.75. The van der Waals surface area contributed by atoms with Crippen molar-refractivity contribution in [1.29, 1.82) is 0 Å². The lowest BCUT2D eigenvalue weighted by molar-refractivity contribution is -0.384. The van der Waals surface area contributed by atoms with E-state index in [0.29, 0.717) is 44.5 Å². The van der Waals surface area contributed by atoms with Gasteiger partial charge in [0.15, 0.2) is 0 Å². The van der Waals surface area contributed by atoms with Crippen LogP contribution in [0.4, 0.5) is 11.4 Å². The zero-order chi connectivity index (χ0) is 22.6. The predicted molar refractivity (Wildman–Crippen MR) is 120 cm³/mol. The molecule has 0 unspecified atom stereocenters. The molecular weight excluding hydrogens is 420 g/mol. The second kappa shape index (κ2) is 10.2. The van der Waals surface area contributed by atoms with Gasteiger partial charge in [-0.15, -0.1) is 0 Å². The molecule has 2 fully saturated rings. The molecule has 31 heavy (non-hydrogen) atoms. The standard InChI is InChI=1S/C21H34N4O5S/c1-16(2)21(23-9-11-30-12-10-23)14-22-19-7-6-18(13-20(19)25(26)27)31(28,29)24-8-4-5-17(3)15-24/h6-7,13,16-17,21-22H,4-5,8-12,14-15H2,1-3H3/t17-,21+/m1/s1. The summed E-state index contributed by atoms with van der Waals surface area (Å²) in [5, 5.41) is 14.9. The number of nitro groups is 1. The van der Waals surface area contributed by atoms with Crippen molar-refractivity contribution in [3.05, 3.63) is 28.3 Å². The van der Waals surface area contributed by atoms with E-state index >= 15 is 0 Å². The third kappa shape index (κ3) is 5.74. The molecule has 3 rings (SSSR count). The van der Waals surface area contributed by atoms with Crippen molar-refractivity contribution >= 4 is 21.4 Å². The smallest absolute Gasteiger partial charge is 0.293 e. The molecule has 1 aromatic rings. The highest BCUT2D eigenvalue weighted by Crippen LogP contribution is 2.31. The van der Waals surface area contributed by atoms with Crippen molar-refractivity contribution in [2.24, 2.45) is 11.8 Å². The molecular formula is C21H34N4O5S. The minimum absolute atomic E-state index is 0.0209. The van der Waals surface area contributed by atoms with Crippen LogP contribution in [0.5, 0.6) is 0 Å². The quantitative estimate of drug-likeness (QED) is 0.476. The summed E-state index contributed by atoms with van der Waals surface area (Å²) in [6.45, 7) is 10.8. The van der Waals surface area contributed by atoms with Crippen molar-refractivity contribution in [3.63, 3.8) is 0 Å². The van der Waals surface area contributed by atoms with E-state index in [9.17, 15) is 18.5 Å². The van der Waals surface area contributed by atoms with Crippen LogP contribution in [0.15, 0.2) is 23.1 Å². The number of morpholine rings is 1. The maximum Gasteiger partial charge on any atom is 0.293 e. The molecule has 10 heteroatoms. The number of nitro benzene ring substituents is 1. The minimum atomic E-state index is -3.75. The molecule has 2 atom stereocenters. The number of ether oxygens (including phenoxy) is 1. The third-order valence-electron chi connectivity index (χ3n) is 6.21. The van der Waals surface area contributed by atoms with Crippen LogP contribution in [0.1, 0.15) is 33.6 Å². The largest absolute Gasteiger partial charge is 0.379 e. The van der Waals surface area contributed by atoms with Crippen LogP contribution in [0.25, 0.3) is 0 Å². The van der Waals surface area contributed by atoms with E-state index in [1.807, 2.05) is 6.92 Å². The minimum Gasteiger partial charge on any atom is -0.379 e. The van der Waals surface area contributed by atoms with E-state index in [1.54, 1.807) is 0 Å². The molecule has 9 nitrogen and oxygen atoms in total. The van der Waals surface area contributed by atoms with E-state index < -0.39 is 14.9 Å². The van der Waals surface area contributed by atoms with Gasteiger partial charge in [0.2, 0.25) is 10.0 Å². The van der Waals surface area contributed by atoms with E-state index in [2.05, 4.69) is 24.1 Å². The first-order chi connectivity index (χ1) is 14.7. The first kappa shape index (κ1) is 23.9. The molecule has 2 aliphatic heterocycles. The average molecular weight is 455 g/mol. The highest BCUT2D eigenvalue weighted by atomic mass is 32.2. The van der Waals surface area contributed by atoms with Crippen molar-refractivity contribution < 1.29 is 18.1 Å². The van der Waals surface area contributed by atoms with E-state index in [4.69, 9.17) is 4.74 Å². The summed E-state index contributed by atoms with van der Waals surface area (Å²) in [6, 6.07) is 4.38. The zero-order valence-electron chi connectivity index (χ0n) is 18.6. The van der Waals surface area contributed by atoms with Gasteiger partial charge < -0.3 is 10.1 Å². The number of benzene rings is 1. The van der Waals surface area contributed by atoms with Gasteiger partial charge in [-0.2, -0.15) is 4.31 Å². The van der Waals surface area contributed by atoms with E-state index in [1.165, 1.54) is 22.5 Å². The number of piperidine rings is 1. The van der Waals surface area contributed by atoms with Crippen LogP contribution in [0.3, 0.4) is 0 Å². The zero-order valence-corrected chi connectivity index (χ0v) is 19.4. The van der Waals surface area contributed by atoms with Gasteiger partial charge >= 0.3 is 0 Å². The Morgan fingerprint density at radius 2 is 1.97 bits per heavy atom. The highest BCUT2D eigenvalue weighted by Gasteiger charge is 2.31. The fourth-order valence-electron chi connectivity index (χ4n) is 4.40. The number of nitrogens with one attached hydrogen (secondary N) is 1. The van der Waals surface area contributed by atoms with Crippen LogP contribution in [-0.2, 0) is 14.8 Å². The normalized spacial score (nSPS) is 22.4. The Kier molecular flexibility index (Phi) is 7.90. The number of nitrogens with zero attached hydrogens (tertiary/aromatic N) is 3. The molecule has 2 heterocycles. The van der Waals surface area contributed by atoms with Gasteiger partial charge in [0.1, 0.15) is 5.69 Å². The summed E-state index contributed by atoms with van der Waals surface area (Å²) < 4.78 is 33.0. The first-order valence-corrected chi connectivity index (χ1v) is 12.5. The lowest BCUT2D eigenvalue weighted by Gasteiger charge is -2.37. The lowest BCUT2D eigenvalue weighted by atomic mass is 10.0. The highest BCUT2D eigenvalue weighted by molar-refractivity contribution is 7.89. The lowest BCUT2D eigenvalue weighted by Crippen LogP contribution is -2.49. The first-order valence-electron chi connectivity index (χ1n) is 11.0. The van der Waals surface area contributed by atoms with Crippen LogP contribution < -0.4 is 5.32 Å². The Morgan fingerprint density at radius 3 is 2.58 bits per heavy atom. The van der Waals surface area contributed by atoms with Gasteiger partial charge in [-0.1, -0.05) is 20.8 Å². The summed E-state index contributed by atoms with van der Waals surface area (Å²) in [5.41, 5.74) is 0.130. The van der Waals surface area contributed by atoms with Crippen LogP contribution >= 0.6 is 0 Å². The Morgan fingerprint density at radius 1 is 1.26 bits per heavy atom. The molecule has 0 radical (unpaired) electrons. The topological polar surface area (TPSA) is 105 Å². The van der Waals surface area contributed by atoms with Gasteiger partial charge in [0.05, 0.1) is 23.0 Å². The van der Waals surface area contributed by atoms with E-state index in [-0.39, 0.29) is 22.5 Å². The molecule has 2 saturated heterocycles. The van der Waals surface area contributed by atoms with Crippen LogP contribution in [-0.4, -0.2) is 74.5 Å². The second-order valence-corrected chi connectivity index (χ2v) is 10.8. The van der Waals surface area contributed by atoms with Gasteiger partial charge in [0, 0.05) is 44.8 Å². The molecule has 2 aliphatic rings. The monoisotopic (exact) mass is 454 g/mol. The Bertz CT molecular complexity index is 871. The molecule has 0 saturated carbocycles. The summed E-state index contributed by atoms with van der Waals surface area (Å²) >= 11 is 0. The van der Waals surface area contributed by atoms with Gasteiger partial charge in [-0.3, -0.25) is 15.0 Å². The van der Waals surface area contributed by atoms with Gasteiger partial charge in [-0.25, -0.2) is 8.42 Å². The van der Waals surface area contributed by atoms with E-state index in [0.717, 1.165) is 25.9 Å². The average Bonchev–Trinajstić information content (AvgIpc) is 2.74. The SMILES string of the molecule is CC(C)[C@H](CNc1ccc(S(=O)(=O)N2CCC[C@@H](C)C2)cc1[N+](=O)[O-])N1CCOCC1. The maximum atomic E-state index is 13.0. The molecule has 174 valence electrons. The summed E-state index contributed by atoms with van der Waals surface area (Å²) in [6.07, 6.45) is 1.80. The Labute approximate surface area is 184 Å². The summed E-state index contributed by atoms with van der Waals surface area (Å²) in [5.74, 6) is 0.637. The van der Waals surface area contributed by atoms with Crippen molar-refractivity contribution in [2.45, 2.75) is 44.6 Å². The predicted octanol–water partition coefficient (Wildman–Crippen LogP) is 2.78. The van der Waals surface area contributed by atoms with Gasteiger partial charge in [-0.05, 0) is 36.8 Å². The van der Waals surface area contributed by atoms with Gasteiger partial charge in [0.25, 0.3) is 5.69 Å². The molecule has 0 amide bonds. The number of hydrogen-bond acceptors (Lipinski definition) is 7. The molecule has 0 aromatic heterocycles. The van der Waals surface area contributed by atoms with Crippen LogP contribution in [0.2, 0.25) is 0 Å². The molecule has 1 aromatic carbocycles. The maximum absolute atomic E-state index is 13.0. The summed E-state index contributed by atoms with van der Waals surface area (Å²) in [4.78, 5) is 13.5. The molecule has 0 spiro atoms. The number of hydrogen-bond donors (Lipinski definition) is 1. The second-order valence-electron chi connectivity index (χ2n) is 8.89. The van der Waals surface area contributed by atoms with Crippen LogP contribution in [0, 0.1) is 22.0 Å². The Balaban J connectivity index is 1.79. The number of sulfonamides is 1. The fourth-order valence-corrected chi connectivity index (χ4v) is 6.02. The Hall–Kier alpha value is -1.75. The molecule has 0 bridgehead atoms. The van der Waals surface area contributed by atoms with Crippen molar-refractivity contribution in [1.82, 2.24) is 9.21 Å². The number of rotatable bonds is 8. The molecule has 0 aliphatic carbocycles. The van der Waals surface area contributed by atoms with Crippen molar-refractivity contribution in [3.8, 4) is 0 Å². The number of anilines is 1. The molecule has 1 N–H and O–H groups in total. The van der Waals surface area contributed by atoms with Crippen molar-refractivity contribution in [2.75, 3.05) is 51.3 Å².